The van der Waals surface area contributed by atoms with Gasteiger partial charge in [-0.25, -0.2) is 4.98 Å². The Labute approximate surface area is 117 Å². The highest BCUT2D eigenvalue weighted by Crippen LogP contribution is 2.35. The number of nitrogens with one attached hydrogen (secondary N) is 1. The molecule has 1 aromatic heterocycles. The molecular formula is C14H17N3O3. The number of para-hydroxylation sites is 1. The molecule has 2 aromatic rings. The Morgan fingerprint density at radius 2 is 2.10 bits per heavy atom. The maximum absolute atomic E-state index is 12.3. The fourth-order valence-electron chi connectivity index (χ4n) is 2.25. The number of carbonyl (C=O) groups is 1. The minimum Gasteiger partial charge on any atom is -0.496 e. The lowest BCUT2D eigenvalue weighted by atomic mass is 9.78. The van der Waals surface area contributed by atoms with Gasteiger partial charge in [-0.15, -0.1) is 0 Å². The van der Waals surface area contributed by atoms with Crippen molar-refractivity contribution in [1.29, 1.82) is 0 Å². The molecule has 0 fully saturated rings. The molecule has 0 radical (unpaired) electrons. The Morgan fingerprint density at radius 1 is 1.35 bits per heavy atom. The summed E-state index contributed by atoms with van der Waals surface area (Å²) in [5, 5.41) is 6.58. The van der Waals surface area contributed by atoms with E-state index in [1.807, 2.05) is 24.3 Å². The second-order valence-electron chi connectivity index (χ2n) is 4.63. The van der Waals surface area contributed by atoms with Crippen LogP contribution in [0.15, 0.2) is 30.6 Å². The van der Waals surface area contributed by atoms with Gasteiger partial charge in [0.1, 0.15) is 23.3 Å². The number of aromatic amines is 1. The Morgan fingerprint density at radius 3 is 2.70 bits per heavy atom. The molecule has 106 valence electrons. The SMILES string of the molecule is COC(=O)C(C)(Cc1ncn[nH]1)c1ccccc1OC. The van der Waals surface area contributed by atoms with Gasteiger partial charge in [0.25, 0.3) is 0 Å². The van der Waals surface area contributed by atoms with Crippen molar-refractivity contribution >= 4 is 5.97 Å². The molecule has 6 heteroatoms. The summed E-state index contributed by atoms with van der Waals surface area (Å²) < 4.78 is 10.3. The summed E-state index contributed by atoms with van der Waals surface area (Å²) in [6.45, 7) is 1.80. The molecule has 0 saturated heterocycles. The molecule has 6 nitrogen and oxygen atoms in total. The predicted molar refractivity (Wildman–Crippen MR) is 72.4 cm³/mol. The number of aromatic nitrogens is 3. The lowest BCUT2D eigenvalue weighted by molar-refractivity contribution is -0.147. The van der Waals surface area contributed by atoms with Crippen LogP contribution >= 0.6 is 0 Å². The number of benzene rings is 1. The second kappa shape index (κ2) is 5.73. The summed E-state index contributed by atoms with van der Waals surface area (Å²) >= 11 is 0. The van der Waals surface area contributed by atoms with Gasteiger partial charge in [-0.3, -0.25) is 9.89 Å². The van der Waals surface area contributed by atoms with Gasteiger partial charge in [-0.1, -0.05) is 18.2 Å². The molecule has 2 rings (SSSR count). The summed E-state index contributed by atoms with van der Waals surface area (Å²) in [6, 6.07) is 7.39. The van der Waals surface area contributed by atoms with Gasteiger partial charge in [0.2, 0.25) is 0 Å². The number of hydrogen-bond acceptors (Lipinski definition) is 5. The van der Waals surface area contributed by atoms with Crippen LogP contribution in [0, 0.1) is 0 Å². The Kier molecular flexibility index (Phi) is 4.02. The van der Waals surface area contributed by atoms with E-state index in [0.717, 1.165) is 5.56 Å². The minimum atomic E-state index is -0.902. The van der Waals surface area contributed by atoms with E-state index in [-0.39, 0.29) is 5.97 Å². The molecule has 1 aromatic carbocycles. The highest BCUT2D eigenvalue weighted by atomic mass is 16.5. The quantitative estimate of drug-likeness (QED) is 0.836. The van der Waals surface area contributed by atoms with E-state index in [0.29, 0.717) is 18.0 Å². The molecule has 1 atom stereocenters. The van der Waals surface area contributed by atoms with E-state index >= 15 is 0 Å². The highest BCUT2D eigenvalue weighted by molar-refractivity contribution is 5.84. The third-order valence-corrected chi connectivity index (χ3v) is 3.32. The van der Waals surface area contributed by atoms with Crippen molar-refractivity contribution in [3.8, 4) is 5.75 Å². The third-order valence-electron chi connectivity index (χ3n) is 3.32. The third kappa shape index (κ3) is 2.49. The Balaban J connectivity index is 2.48. The van der Waals surface area contributed by atoms with Gasteiger partial charge in [-0.2, -0.15) is 5.10 Å². The maximum Gasteiger partial charge on any atom is 0.316 e. The summed E-state index contributed by atoms with van der Waals surface area (Å²) in [4.78, 5) is 16.4. The molecule has 1 heterocycles. The average Bonchev–Trinajstić information content (AvgIpc) is 2.98. The molecule has 0 bridgehead atoms. The van der Waals surface area contributed by atoms with Crippen LogP contribution in [0.5, 0.6) is 5.75 Å². The number of nitrogens with zero attached hydrogens (tertiary/aromatic N) is 2. The molecule has 0 amide bonds. The Bertz CT molecular complexity index is 583. The summed E-state index contributed by atoms with van der Waals surface area (Å²) in [7, 11) is 2.95. The summed E-state index contributed by atoms with van der Waals surface area (Å²) in [6.07, 6.45) is 1.76. The molecule has 0 aliphatic rings. The lowest BCUT2D eigenvalue weighted by Gasteiger charge is -2.27. The number of rotatable bonds is 5. The van der Waals surface area contributed by atoms with Gasteiger partial charge in [0, 0.05) is 12.0 Å². The van der Waals surface area contributed by atoms with Crippen LogP contribution in [0.4, 0.5) is 0 Å². The van der Waals surface area contributed by atoms with E-state index in [1.165, 1.54) is 13.4 Å². The smallest absolute Gasteiger partial charge is 0.316 e. The standard InChI is InChI=1S/C14H17N3O3/c1-14(13(18)20-3,8-12-15-9-16-17-12)10-6-4-5-7-11(10)19-2/h4-7,9H,8H2,1-3H3,(H,15,16,17). The fourth-order valence-corrected chi connectivity index (χ4v) is 2.25. The zero-order chi connectivity index (χ0) is 14.6. The van der Waals surface area contributed by atoms with Crippen LogP contribution in [0.1, 0.15) is 18.3 Å². The molecule has 0 aliphatic carbocycles. The van der Waals surface area contributed by atoms with E-state index in [2.05, 4.69) is 15.2 Å². The van der Waals surface area contributed by atoms with Crippen molar-refractivity contribution in [3.05, 3.63) is 42.0 Å². The van der Waals surface area contributed by atoms with Crippen molar-refractivity contribution in [2.75, 3.05) is 14.2 Å². The number of esters is 1. The van der Waals surface area contributed by atoms with Gasteiger partial charge < -0.3 is 9.47 Å². The largest absolute Gasteiger partial charge is 0.496 e. The molecule has 20 heavy (non-hydrogen) atoms. The van der Waals surface area contributed by atoms with E-state index in [4.69, 9.17) is 9.47 Å². The van der Waals surface area contributed by atoms with Crippen LogP contribution in [-0.4, -0.2) is 35.4 Å². The normalized spacial score (nSPS) is 13.6. The minimum absolute atomic E-state index is 0.347. The number of methoxy groups -OCH3 is 2. The van der Waals surface area contributed by atoms with E-state index in [9.17, 15) is 4.79 Å². The summed E-state index contributed by atoms with van der Waals surface area (Å²) in [5.41, 5.74) is -0.147. The molecule has 1 unspecified atom stereocenters. The van der Waals surface area contributed by atoms with Crippen LogP contribution < -0.4 is 4.74 Å². The van der Waals surface area contributed by atoms with Crippen LogP contribution in [-0.2, 0) is 21.4 Å². The first-order valence-electron chi connectivity index (χ1n) is 6.18. The maximum atomic E-state index is 12.3. The molecule has 1 N–H and O–H groups in total. The number of hydrogen-bond donors (Lipinski definition) is 1. The van der Waals surface area contributed by atoms with Crippen LogP contribution in [0.3, 0.4) is 0 Å². The highest BCUT2D eigenvalue weighted by Gasteiger charge is 2.39. The fraction of sp³-hybridized carbons (Fsp3) is 0.357. The van der Waals surface area contributed by atoms with Crippen molar-refractivity contribution in [1.82, 2.24) is 15.2 Å². The first-order chi connectivity index (χ1) is 9.61. The van der Waals surface area contributed by atoms with Gasteiger partial charge in [-0.05, 0) is 13.0 Å². The molecule has 0 spiro atoms. The van der Waals surface area contributed by atoms with Crippen LogP contribution in [0.25, 0.3) is 0 Å². The van der Waals surface area contributed by atoms with Crippen molar-refractivity contribution in [2.24, 2.45) is 0 Å². The van der Waals surface area contributed by atoms with Crippen LogP contribution in [0.2, 0.25) is 0 Å². The first-order valence-corrected chi connectivity index (χ1v) is 6.18. The number of carbonyl (C=O) groups excluding carboxylic acids is 1. The molecule has 0 aliphatic heterocycles. The zero-order valence-corrected chi connectivity index (χ0v) is 11.7. The van der Waals surface area contributed by atoms with Crippen molar-refractivity contribution in [3.63, 3.8) is 0 Å². The first kappa shape index (κ1) is 14.0. The lowest BCUT2D eigenvalue weighted by Crippen LogP contribution is -2.37. The van der Waals surface area contributed by atoms with E-state index < -0.39 is 5.41 Å². The van der Waals surface area contributed by atoms with Gasteiger partial charge in [0.05, 0.1) is 14.2 Å². The zero-order valence-electron chi connectivity index (χ0n) is 11.7. The second-order valence-corrected chi connectivity index (χ2v) is 4.63. The van der Waals surface area contributed by atoms with E-state index in [1.54, 1.807) is 14.0 Å². The molecule has 0 saturated carbocycles. The number of H-pyrrole nitrogens is 1. The van der Waals surface area contributed by atoms with Gasteiger partial charge in [0.15, 0.2) is 0 Å². The summed E-state index contributed by atoms with van der Waals surface area (Å²) in [5.74, 6) is 0.905. The topological polar surface area (TPSA) is 77.1 Å². The average molecular weight is 275 g/mol. The Hall–Kier alpha value is -2.37. The predicted octanol–water partition coefficient (Wildman–Crippen LogP) is 1.49. The monoisotopic (exact) mass is 275 g/mol. The number of ether oxygens (including phenoxy) is 2. The molecular weight excluding hydrogens is 258 g/mol. The van der Waals surface area contributed by atoms with Crippen molar-refractivity contribution in [2.45, 2.75) is 18.8 Å². The van der Waals surface area contributed by atoms with Crippen molar-refractivity contribution < 1.29 is 14.3 Å². The van der Waals surface area contributed by atoms with Gasteiger partial charge >= 0.3 is 5.97 Å².